The summed E-state index contributed by atoms with van der Waals surface area (Å²) in [5.74, 6) is 1.01. The fraction of sp³-hybridized carbons (Fsp3) is 0.684. The van der Waals surface area contributed by atoms with Crippen molar-refractivity contribution in [3.05, 3.63) is 23.5 Å². The zero-order valence-electron chi connectivity index (χ0n) is 14.4. The van der Waals surface area contributed by atoms with E-state index >= 15 is 0 Å². The molecule has 2 unspecified atom stereocenters. The Labute approximate surface area is 139 Å². The zero-order chi connectivity index (χ0) is 16.7. The van der Waals surface area contributed by atoms with Gasteiger partial charge in [0.1, 0.15) is 12.4 Å². The van der Waals surface area contributed by atoms with E-state index in [1.807, 2.05) is 13.8 Å². The number of oxime groups is 1. The van der Waals surface area contributed by atoms with Gasteiger partial charge < -0.3 is 9.94 Å². The first-order valence-electron chi connectivity index (χ1n) is 8.96. The Kier molecular flexibility index (Phi) is 6.87. The molecule has 0 saturated carbocycles. The molecule has 0 amide bonds. The molecule has 2 aliphatic rings. The first kappa shape index (κ1) is 17.8. The average Bonchev–Trinajstić information content (AvgIpc) is 2.55. The van der Waals surface area contributed by atoms with Crippen molar-refractivity contribution in [1.82, 2.24) is 0 Å². The molecule has 2 atom stereocenters. The van der Waals surface area contributed by atoms with Gasteiger partial charge in [0.25, 0.3) is 0 Å². The Bertz CT molecular complexity index is 505. The summed E-state index contributed by atoms with van der Waals surface area (Å²) in [5.41, 5.74) is 1.04. The molecule has 0 aliphatic heterocycles. The molecule has 0 aromatic carbocycles. The summed E-state index contributed by atoms with van der Waals surface area (Å²) in [6.45, 7) is 4.59. The number of nitrogens with zero attached hydrogens (tertiary/aromatic N) is 1. The lowest BCUT2D eigenvalue weighted by Crippen LogP contribution is -2.29. The Morgan fingerprint density at radius 3 is 2.70 bits per heavy atom. The Balaban J connectivity index is 2.14. The standard InChI is InChI=1S/C19H29NO3/c1-3-8-16(20-23-11-4-2)19-17(21)12-15(13-18(19)22)14-9-6-5-7-10-14/h5-6,14-15,21H,3-4,7-13H2,1-2H3. The number of hydrogen-bond donors (Lipinski definition) is 1. The number of ketones is 1. The lowest BCUT2D eigenvalue weighted by atomic mass is 9.74. The molecule has 0 heterocycles. The van der Waals surface area contributed by atoms with Crippen molar-refractivity contribution in [2.24, 2.45) is 17.0 Å². The molecule has 0 saturated heterocycles. The summed E-state index contributed by atoms with van der Waals surface area (Å²) >= 11 is 0. The first-order chi connectivity index (χ1) is 11.2. The van der Waals surface area contributed by atoms with Crippen LogP contribution in [0, 0.1) is 11.8 Å². The maximum absolute atomic E-state index is 12.6. The van der Waals surface area contributed by atoms with Gasteiger partial charge in [-0.25, -0.2) is 0 Å². The van der Waals surface area contributed by atoms with Gasteiger partial charge in [-0.05, 0) is 43.9 Å². The van der Waals surface area contributed by atoms with E-state index in [0.717, 1.165) is 32.1 Å². The van der Waals surface area contributed by atoms with E-state index in [-0.39, 0.29) is 17.5 Å². The van der Waals surface area contributed by atoms with Crippen LogP contribution in [0.4, 0.5) is 0 Å². The Morgan fingerprint density at radius 2 is 2.09 bits per heavy atom. The van der Waals surface area contributed by atoms with E-state index in [2.05, 4.69) is 17.3 Å². The van der Waals surface area contributed by atoms with Crippen molar-refractivity contribution >= 4 is 11.5 Å². The van der Waals surface area contributed by atoms with Crippen LogP contribution in [-0.2, 0) is 9.63 Å². The van der Waals surface area contributed by atoms with Gasteiger partial charge in [0.15, 0.2) is 5.78 Å². The van der Waals surface area contributed by atoms with Crippen LogP contribution in [0.1, 0.15) is 65.2 Å². The number of hydrogen-bond acceptors (Lipinski definition) is 4. The normalized spacial score (nSPS) is 25.8. The summed E-state index contributed by atoms with van der Waals surface area (Å²) in [6.07, 6.45) is 11.2. The van der Waals surface area contributed by atoms with Crippen LogP contribution in [0.5, 0.6) is 0 Å². The molecular formula is C19H29NO3. The number of aliphatic hydroxyl groups excluding tert-OH is 1. The molecule has 2 rings (SSSR count). The van der Waals surface area contributed by atoms with Crippen molar-refractivity contribution < 1.29 is 14.7 Å². The third-order valence-electron chi connectivity index (χ3n) is 4.69. The van der Waals surface area contributed by atoms with E-state index in [4.69, 9.17) is 4.84 Å². The summed E-state index contributed by atoms with van der Waals surface area (Å²) in [6, 6.07) is 0. The van der Waals surface area contributed by atoms with Crippen LogP contribution < -0.4 is 0 Å². The maximum atomic E-state index is 12.6. The van der Waals surface area contributed by atoms with Crippen molar-refractivity contribution in [2.45, 2.75) is 65.2 Å². The predicted molar refractivity (Wildman–Crippen MR) is 92.5 cm³/mol. The number of rotatable bonds is 7. The minimum atomic E-state index is 0.0283. The summed E-state index contributed by atoms with van der Waals surface area (Å²) in [5, 5.41) is 14.6. The highest BCUT2D eigenvalue weighted by molar-refractivity contribution is 6.23. The van der Waals surface area contributed by atoms with Gasteiger partial charge in [-0.1, -0.05) is 37.6 Å². The lowest BCUT2D eigenvalue weighted by molar-refractivity contribution is -0.117. The smallest absolute Gasteiger partial charge is 0.168 e. The van der Waals surface area contributed by atoms with E-state index in [0.29, 0.717) is 43.1 Å². The highest BCUT2D eigenvalue weighted by atomic mass is 16.6. The number of carbonyl (C=O) groups is 1. The fourth-order valence-corrected chi connectivity index (χ4v) is 3.50. The quantitative estimate of drug-likeness (QED) is 0.320. The first-order valence-corrected chi connectivity index (χ1v) is 8.96. The second kappa shape index (κ2) is 8.90. The monoisotopic (exact) mass is 319 g/mol. The molecule has 0 aromatic rings. The average molecular weight is 319 g/mol. The third-order valence-corrected chi connectivity index (χ3v) is 4.69. The van der Waals surface area contributed by atoms with Gasteiger partial charge in [0.05, 0.1) is 11.3 Å². The Hall–Kier alpha value is -1.58. The van der Waals surface area contributed by atoms with Crippen LogP contribution >= 0.6 is 0 Å². The predicted octanol–water partition coefficient (Wildman–Crippen LogP) is 4.72. The molecule has 1 N–H and O–H groups in total. The van der Waals surface area contributed by atoms with Crippen molar-refractivity contribution in [3.8, 4) is 0 Å². The molecule has 4 nitrogen and oxygen atoms in total. The van der Waals surface area contributed by atoms with Crippen molar-refractivity contribution in [3.63, 3.8) is 0 Å². The van der Waals surface area contributed by atoms with Gasteiger partial charge in [0.2, 0.25) is 0 Å². The number of aliphatic hydroxyl groups is 1. The van der Waals surface area contributed by atoms with E-state index < -0.39 is 0 Å². The van der Waals surface area contributed by atoms with E-state index in [9.17, 15) is 9.90 Å². The minimum Gasteiger partial charge on any atom is -0.511 e. The highest BCUT2D eigenvalue weighted by Gasteiger charge is 2.34. The molecule has 23 heavy (non-hydrogen) atoms. The molecule has 4 heteroatoms. The lowest BCUT2D eigenvalue weighted by Gasteiger charge is -2.31. The second-order valence-corrected chi connectivity index (χ2v) is 6.58. The van der Waals surface area contributed by atoms with Crippen LogP contribution in [-0.4, -0.2) is 23.2 Å². The molecule has 2 aliphatic carbocycles. The maximum Gasteiger partial charge on any atom is 0.168 e. The van der Waals surface area contributed by atoms with Crippen LogP contribution in [0.3, 0.4) is 0 Å². The van der Waals surface area contributed by atoms with Gasteiger partial charge in [-0.15, -0.1) is 0 Å². The van der Waals surface area contributed by atoms with Gasteiger partial charge in [0, 0.05) is 12.8 Å². The topological polar surface area (TPSA) is 58.9 Å². The van der Waals surface area contributed by atoms with Crippen LogP contribution in [0.15, 0.2) is 28.6 Å². The van der Waals surface area contributed by atoms with Crippen LogP contribution in [0.25, 0.3) is 0 Å². The largest absolute Gasteiger partial charge is 0.511 e. The minimum absolute atomic E-state index is 0.0283. The van der Waals surface area contributed by atoms with Gasteiger partial charge in [-0.2, -0.15) is 0 Å². The number of allylic oxidation sites excluding steroid dienone is 4. The second-order valence-electron chi connectivity index (χ2n) is 6.58. The Morgan fingerprint density at radius 1 is 1.26 bits per heavy atom. The van der Waals surface area contributed by atoms with Gasteiger partial charge >= 0.3 is 0 Å². The van der Waals surface area contributed by atoms with Crippen molar-refractivity contribution in [1.29, 1.82) is 0 Å². The van der Waals surface area contributed by atoms with E-state index in [1.54, 1.807) is 0 Å². The molecule has 128 valence electrons. The number of Topliss-reactive ketones (excluding diaryl/α,β-unsaturated/α-hetero) is 1. The summed E-state index contributed by atoms with van der Waals surface area (Å²) in [4.78, 5) is 17.9. The SMILES string of the molecule is CCCON=C(CCC)C1=C(O)CC(C2CC=CCC2)CC1=O. The molecular weight excluding hydrogens is 290 g/mol. The zero-order valence-corrected chi connectivity index (χ0v) is 14.4. The summed E-state index contributed by atoms with van der Waals surface area (Å²) in [7, 11) is 0. The molecule has 0 fully saturated rings. The van der Waals surface area contributed by atoms with Crippen molar-refractivity contribution in [2.75, 3.05) is 6.61 Å². The number of carbonyl (C=O) groups excluding carboxylic acids is 1. The van der Waals surface area contributed by atoms with Gasteiger partial charge in [-0.3, -0.25) is 4.79 Å². The fourth-order valence-electron chi connectivity index (χ4n) is 3.50. The third kappa shape index (κ3) is 4.69. The molecule has 0 aromatic heterocycles. The molecule has 0 radical (unpaired) electrons. The highest BCUT2D eigenvalue weighted by Crippen LogP contribution is 2.37. The van der Waals surface area contributed by atoms with E-state index in [1.165, 1.54) is 0 Å². The molecule has 0 spiro atoms. The summed E-state index contributed by atoms with van der Waals surface area (Å²) < 4.78 is 0. The van der Waals surface area contributed by atoms with Crippen LogP contribution in [0.2, 0.25) is 0 Å². The molecule has 0 bridgehead atoms.